The molecule has 3 rings (SSSR count). The van der Waals surface area contributed by atoms with Gasteiger partial charge in [0.2, 0.25) is 5.95 Å². The first-order chi connectivity index (χ1) is 14.6. The van der Waals surface area contributed by atoms with Crippen LogP contribution < -0.4 is 11.3 Å². The fourth-order valence-corrected chi connectivity index (χ4v) is 5.73. The number of nitrogens with one attached hydrogen (secondary N) is 1. The van der Waals surface area contributed by atoms with Crippen LogP contribution in [0.3, 0.4) is 0 Å². The molecule has 9 N–H and O–H groups in total. The minimum atomic E-state index is -5.73. The summed E-state index contributed by atoms with van der Waals surface area (Å²) in [4.78, 5) is 57.3. The summed E-state index contributed by atoms with van der Waals surface area (Å²) in [6, 6.07) is 0. The molecule has 32 heavy (non-hydrogen) atoms. The first-order valence-electron chi connectivity index (χ1n) is 8.11. The number of rotatable bonds is 8. The zero-order chi connectivity index (χ0) is 24.1. The van der Waals surface area contributed by atoms with Crippen LogP contribution in [0.5, 0.6) is 0 Å². The largest absolute Gasteiger partial charge is 0.490 e. The number of nitrogen functional groups attached to an aromatic ring is 1. The summed E-state index contributed by atoms with van der Waals surface area (Å²) in [5, 5.41) is 20.4. The van der Waals surface area contributed by atoms with Crippen LogP contribution in [0, 0.1) is 0 Å². The highest BCUT2D eigenvalue weighted by molar-refractivity contribution is 7.66. The van der Waals surface area contributed by atoms with Crippen LogP contribution in [0.4, 0.5) is 5.95 Å². The number of H-pyrrole nitrogens is 1. The van der Waals surface area contributed by atoms with E-state index in [0.29, 0.717) is 0 Å². The Morgan fingerprint density at radius 1 is 1.12 bits per heavy atom. The number of nitrogens with zero attached hydrogens (tertiary/aromatic N) is 3. The molecule has 0 radical (unpaired) electrons. The van der Waals surface area contributed by atoms with E-state index in [-0.39, 0.29) is 17.1 Å². The molecule has 2 aromatic rings. The number of phosphoric ester groups is 1. The van der Waals surface area contributed by atoms with Gasteiger partial charge >= 0.3 is 23.5 Å². The van der Waals surface area contributed by atoms with Crippen molar-refractivity contribution in [3.63, 3.8) is 0 Å². The Labute approximate surface area is 175 Å². The molecule has 22 heteroatoms. The van der Waals surface area contributed by atoms with Crippen LogP contribution in [0.1, 0.15) is 6.23 Å². The van der Waals surface area contributed by atoms with Gasteiger partial charge in [-0.2, -0.15) is 13.6 Å². The third-order valence-corrected chi connectivity index (χ3v) is 7.68. The van der Waals surface area contributed by atoms with Gasteiger partial charge in [-0.3, -0.25) is 18.9 Å². The zero-order valence-corrected chi connectivity index (χ0v) is 18.0. The van der Waals surface area contributed by atoms with Crippen molar-refractivity contribution in [3.8, 4) is 0 Å². The van der Waals surface area contributed by atoms with Gasteiger partial charge in [-0.25, -0.2) is 18.7 Å². The van der Waals surface area contributed by atoms with Crippen molar-refractivity contribution >= 4 is 40.6 Å². The second kappa shape index (κ2) is 8.66. The predicted octanol–water partition coefficient (Wildman–Crippen LogP) is -2.34. The number of hydrogen-bond acceptors (Lipinski definition) is 13. The monoisotopic (exact) mass is 523 g/mol. The first-order valence-corrected chi connectivity index (χ1v) is 12.6. The molecule has 19 nitrogen and oxygen atoms in total. The van der Waals surface area contributed by atoms with E-state index in [1.807, 2.05) is 0 Å². The lowest BCUT2D eigenvalue weighted by Gasteiger charge is -2.19. The Hall–Kier alpha value is -1.56. The summed E-state index contributed by atoms with van der Waals surface area (Å²) in [5.41, 5.74) is 4.50. The molecule has 1 aliphatic rings. The Bertz CT molecular complexity index is 1210. The van der Waals surface area contributed by atoms with E-state index in [9.17, 15) is 33.6 Å². The lowest BCUT2D eigenvalue weighted by atomic mass is 10.1. The van der Waals surface area contributed by atoms with Crippen LogP contribution in [0.25, 0.3) is 11.2 Å². The Morgan fingerprint density at radius 3 is 2.41 bits per heavy atom. The van der Waals surface area contributed by atoms with Crippen molar-refractivity contribution in [2.75, 3.05) is 12.3 Å². The minimum absolute atomic E-state index is 0.115. The smallest absolute Gasteiger partial charge is 0.387 e. The first kappa shape index (κ1) is 25.1. The molecule has 0 aromatic carbocycles. The van der Waals surface area contributed by atoms with Gasteiger partial charge in [-0.1, -0.05) is 0 Å². The summed E-state index contributed by atoms with van der Waals surface area (Å²) in [5.74, 6) is -0.276. The van der Waals surface area contributed by atoms with Crippen molar-refractivity contribution in [2.45, 2.75) is 24.5 Å². The zero-order valence-electron chi connectivity index (χ0n) is 15.3. The van der Waals surface area contributed by atoms with Crippen LogP contribution in [-0.2, 0) is 31.6 Å². The Morgan fingerprint density at radius 2 is 1.78 bits per heavy atom. The van der Waals surface area contributed by atoms with E-state index < -0.39 is 60.2 Å². The second-order valence-corrected chi connectivity index (χ2v) is 10.6. The summed E-state index contributed by atoms with van der Waals surface area (Å²) >= 11 is 0. The number of aliphatic hydroxyl groups excluding tert-OH is 2. The number of aromatic nitrogens is 4. The lowest BCUT2D eigenvalue weighted by molar-refractivity contribution is -0.0503. The van der Waals surface area contributed by atoms with Crippen molar-refractivity contribution in [2.24, 2.45) is 0 Å². The van der Waals surface area contributed by atoms with E-state index in [2.05, 4.69) is 28.1 Å². The van der Waals surface area contributed by atoms with Gasteiger partial charge in [0.25, 0.3) is 5.56 Å². The molecule has 0 saturated carbocycles. The molecule has 180 valence electrons. The number of phosphoric acid groups is 3. The lowest BCUT2D eigenvalue weighted by Crippen LogP contribution is -2.33. The molecular formula is C10H16N5O14P3. The molecule has 0 aliphatic carbocycles. The van der Waals surface area contributed by atoms with Gasteiger partial charge in [0.05, 0.1) is 12.9 Å². The number of anilines is 1. The quantitative estimate of drug-likeness (QED) is 0.168. The van der Waals surface area contributed by atoms with Crippen LogP contribution >= 0.6 is 23.5 Å². The maximum absolute atomic E-state index is 11.9. The fraction of sp³-hybridized carbons (Fsp3) is 0.500. The summed E-state index contributed by atoms with van der Waals surface area (Å²) in [6.45, 7) is -1.01. The maximum Gasteiger partial charge on any atom is 0.490 e. The molecule has 3 unspecified atom stereocenters. The number of aromatic amines is 1. The standard InChI is InChI=1S/C10H16N5O14P3/c11-10-13-7-4(8(18)14-10)12-2-15(7)9-6(17)5(16)3(27-9)1-26-31(22,23)29-32(24,25)28-30(19,20)21/h2-3,5-6,9,16-17H,1H2,(H,22,23)(H,24,25)(H2,19,20,21)(H3,11,13,14,18)/t3-,5+,6?,9-/m1/s1. The van der Waals surface area contributed by atoms with Crippen LogP contribution in [0.15, 0.2) is 11.1 Å². The highest BCUT2D eigenvalue weighted by Gasteiger charge is 2.47. The van der Waals surface area contributed by atoms with E-state index in [1.54, 1.807) is 0 Å². The molecule has 6 atom stereocenters. The number of hydrogen-bond donors (Lipinski definition) is 8. The van der Waals surface area contributed by atoms with Crippen molar-refractivity contribution in [1.82, 2.24) is 19.5 Å². The number of aliphatic hydroxyl groups is 2. The third kappa shape index (κ3) is 5.67. The van der Waals surface area contributed by atoms with E-state index in [1.165, 1.54) is 0 Å². The van der Waals surface area contributed by atoms with E-state index in [4.69, 9.17) is 25.2 Å². The number of nitrogens with two attached hydrogens (primary N) is 1. The van der Waals surface area contributed by atoms with Gasteiger partial charge in [-0.05, 0) is 0 Å². The number of ether oxygens (including phenoxy) is 1. The average Bonchev–Trinajstić information content (AvgIpc) is 3.12. The van der Waals surface area contributed by atoms with Crippen molar-refractivity contribution in [1.29, 1.82) is 0 Å². The second-order valence-electron chi connectivity index (χ2n) is 6.21. The van der Waals surface area contributed by atoms with Gasteiger partial charge < -0.3 is 40.3 Å². The topological polar surface area (TPSA) is 299 Å². The van der Waals surface area contributed by atoms with Gasteiger partial charge in [0, 0.05) is 0 Å². The molecule has 0 bridgehead atoms. The molecule has 1 aliphatic heterocycles. The van der Waals surface area contributed by atoms with Gasteiger partial charge in [0.1, 0.15) is 18.3 Å². The summed E-state index contributed by atoms with van der Waals surface area (Å²) in [6.07, 6.45) is -5.33. The van der Waals surface area contributed by atoms with E-state index >= 15 is 0 Å². The normalized spacial score (nSPS) is 27.9. The highest BCUT2D eigenvalue weighted by atomic mass is 31.3. The minimum Gasteiger partial charge on any atom is -0.387 e. The Kier molecular flexibility index (Phi) is 6.78. The summed E-state index contributed by atoms with van der Waals surface area (Å²) in [7, 11) is -16.8. The maximum atomic E-state index is 11.9. The van der Waals surface area contributed by atoms with Gasteiger partial charge in [0.15, 0.2) is 17.4 Å². The number of imidazole rings is 1. The van der Waals surface area contributed by atoms with Crippen LogP contribution in [0.2, 0.25) is 0 Å². The summed E-state index contributed by atoms with van der Waals surface area (Å²) < 4.78 is 51.6. The third-order valence-electron chi connectivity index (χ3n) is 3.88. The molecule has 1 saturated heterocycles. The highest BCUT2D eigenvalue weighted by Crippen LogP contribution is 2.66. The molecule has 0 amide bonds. The molecule has 1 fully saturated rings. The van der Waals surface area contributed by atoms with Gasteiger partial charge in [-0.15, -0.1) is 0 Å². The van der Waals surface area contributed by atoms with Crippen molar-refractivity contribution in [3.05, 3.63) is 16.7 Å². The van der Waals surface area contributed by atoms with Crippen molar-refractivity contribution < 1.29 is 61.4 Å². The molecular weight excluding hydrogens is 507 g/mol. The Balaban J connectivity index is 1.72. The molecule has 3 heterocycles. The number of fused-ring (bicyclic) bond motifs is 1. The fourth-order valence-electron chi connectivity index (χ4n) is 2.70. The average molecular weight is 523 g/mol. The SMILES string of the molecule is Nc1nc2c(ncn2[C@@H]2O[C@H](COP(=O)(O)OP(=O)(O)OP(=O)(O)O)[C@H](O)C2O)c(=O)[nH]1. The van der Waals surface area contributed by atoms with E-state index in [0.717, 1.165) is 10.9 Å². The molecule has 2 aromatic heterocycles. The van der Waals surface area contributed by atoms with Crippen LogP contribution in [-0.4, -0.2) is 74.2 Å². The molecule has 0 spiro atoms. The predicted molar refractivity (Wildman–Crippen MR) is 98.3 cm³/mol.